The molecule has 3 nitrogen and oxygen atoms in total. The first-order chi connectivity index (χ1) is 8.50. The smallest absolute Gasteiger partial charge is 0.310 e. The Bertz CT molecular complexity index is 215. The van der Waals surface area contributed by atoms with Crippen LogP contribution < -0.4 is 5.32 Å². The summed E-state index contributed by atoms with van der Waals surface area (Å²) in [5.74, 6) is -0.731. The van der Waals surface area contributed by atoms with Gasteiger partial charge in [0.05, 0.1) is 5.41 Å². The topological polar surface area (TPSA) is 49.3 Å². The molecule has 0 atom stereocenters. The van der Waals surface area contributed by atoms with Gasteiger partial charge in [-0.2, -0.15) is 0 Å². The lowest BCUT2D eigenvalue weighted by molar-refractivity contribution is -0.146. The number of hydrogen-bond acceptors (Lipinski definition) is 2. The van der Waals surface area contributed by atoms with Crippen molar-refractivity contribution < 1.29 is 9.90 Å². The van der Waals surface area contributed by atoms with E-state index >= 15 is 0 Å². The quantitative estimate of drug-likeness (QED) is 0.522. The van der Waals surface area contributed by atoms with Gasteiger partial charge < -0.3 is 10.4 Å². The molecule has 0 rings (SSSR count). The van der Waals surface area contributed by atoms with E-state index in [0.717, 1.165) is 13.0 Å². The van der Waals surface area contributed by atoms with Crippen LogP contribution in [0.4, 0.5) is 0 Å². The van der Waals surface area contributed by atoms with Crippen molar-refractivity contribution in [3.05, 3.63) is 0 Å². The van der Waals surface area contributed by atoms with Crippen LogP contribution in [0.1, 0.15) is 72.1 Å². The second-order valence-corrected chi connectivity index (χ2v) is 5.84. The van der Waals surface area contributed by atoms with E-state index in [1.165, 1.54) is 44.9 Å². The number of nitrogens with one attached hydrogen (secondary N) is 1. The molecule has 0 aliphatic carbocycles. The normalized spacial score (nSPS) is 11.7. The van der Waals surface area contributed by atoms with Gasteiger partial charge in [-0.05, 0) is 26.8 Å². The van der Waals surface area contributed by atoms with E-state index < -0.39 is 11.4 Å². The molecule has 0 aliphatic heterocycles. The lowest BCUT2D eigenvalue weighted by Crippen LogP contribution is -2.36. The highest BCUT2D eigenvalue weighted by Gasteiger charge is 2.25. The van der Waals surface area contributed by atoms with Crippen LogP contribution in [-0.4, -0.2) is 24.2 Å². The van der Waals surface area contributed by atoms with Gasteiger partial charge in [-0.1, -0.05) is 51.9 Å². The van der Waals surface area contributed by atoms with Crippen molar-refractivity contribution in [2.75, 3.05) is 13.1 Å². The van der Waals surface area contributed by atoms with Crippen molar-refractivity contribution in [2.45, 2.75) is 72.1 Å². The summed E-state index contributed by atoms with van der Waals surface area (Å²) in [5.41, 5.74) is -0.653. The van der Waals surface area contributed by atoms with Gasteiger partial charge in [-0.3, -0.25) is 4.79 Å². The predicted molar refractivity (Wildman–Crippen MR) is 76.9 cm³/mol. The fourth-order valence-electron chi connectivity index (χ4n) is 1.86. The molecule has 0 spiro atoms. The first-order valence-corrected chi connectivity index (χ1v) is 7.45. The highest BCUT2D eigenvalue weighted by molar-refractivity contribution is 5.73. The minimum atomic E-state index is -0.731. The summed E-state index contributed by atoms with van der Waals surface area (Å²) in [4.78, 5) is 10.9. The summed E-state index contributed by atoms with van der Waals surface area (Å²) in [6.07, 6.45) is 10.5. The summed E-state index contributed by atoms with van der Waals surface area (Å²) in [5, 5.41) is 12.2. The van der Waals surface area contributed by atoms with Crippen molar-refractivity contribution in [1.29, 1.82) is 0 Å². The molecule has 0 radical (unpaired) electrons. The molecule has 0 fully saturated rings. The molecule has 0 amide bonds. The lowest BCUT2D eigenvalue weighted by Gasteiger charge is -2.19. The molecule has 0 saturated heterocycles. The average Bonchev–Trinajstić information content (AvgIpc) is 2.31. The van der Waals surface area contributed by atoms with Gasteiger partial charge in [0.25, 0.3) is 0 Å². The summed E-state index contributed by atoms with van der Waals surface area (Å²) < 4.78 is 0. The Kier molecular flexibility index (Phi) is 10.0. The number of carboxylic acid groups (broad SMARTS) is 1. The van der Waals surface area contributed by atoms with Crippen LogP contribution in [0.25, 0.3) is 0 Å². The lowest BCUT2D eigenvalue weighted by atomic mass is 9.94. The van der Waals surface area contributed by atoms with Gasteiger partial charge in [-0.25, -0.2) is 0 Å². The van der Waals surface area contributed by atoms with Crippen LogP contribution in [-0.2, 0) is 4.79 Å². The van der Waals surface area contributed by atoms with Gasteiger partial charge in [0, 0.05) is 6.54 Å². The SMILES string of the molecule is CCCCCCCCCCNCC(C)(C)C(=O)O. The summed E-state index contributed by atoms with van der Waals surface area (Å²) in [7, 11) is 0. The van der Waals surface area contributed by atoms with E-state index in [-0.39, 0.29) is 0 Å². The zero-order valence-electron chi connectivity index (χ0n) is 12.4. The second-order valence-electron chi connectivity index (χ2n) is 5.84. The minimum Gasteiger partial charge on any atom is -0.481 e. The molecule has 108 valence electrons. The molecule has 0 aromatic heterocycles. The van der Waals surface area contributed by atoms with Gasteiger partial charge in [0.1, 0.15) is 0 Å². The first-order valence-electron chi connectivity index (χ1n) is 7.45. The van der Waals surface area contributed by atoms with Crippen molar-refractivity contribution in [2.24, 2.45) is 5.41 Å². The van der Waals surface area contributed by atoms with Crippen LogP contribution >= 0.6 is 0 Å². The molecule has 3 heteroatoms. The minimum absolute atomic E-state index is 0.554. The monoisotopic (exact) mass is 257 g/mol. The molecule has 0 aromatic rings. The van der Waals surface area contributed by atoms with Crippen LogP contribution in [0.15, 0.2) is 0 Å². The van der Waals surface area contributed by atoms with E-state index in [4.69, 9.17) is 5.11 Å². The molecule has 0 saturated carbocycles. The van der Waals surface area contributed by atoms with Crippen LogP contribution in [0.3, 0.4) is 0 Å². The maximum Gasteiger partial charge on any atom is 0.310 e. The number of carboxylic acids is 1. The fourth-order valence-corrected chi connectivity index (χ4v) is 1.86. The third kappa shape index (κ3) is 9.46. The van der Waals surface area contributed by atoms with Crippen LogP contribution in [0, 0.1) is 5.41 Å². The predicted octanol–water partition coefficient (Wildman–Crippen LogP) is 3.83. The Labute approximate surface area is 112 Å². The van der Waals surface area contributed by atoms with E-state index in [9.17, 15) is 4.79 Å². The van der Waals surface area contributed by atoms with Crippen LogP contribution in [0.5, 0.6) is 0 Å². The Morgan fingerprint density at radius 2 is 1.50 bits per heavy atom. The zero-order valence-corrected chi connectivity index (χ0v) is 12.4. The highest BCUT2D eigenvalue weighted by atomic mass is 16.4. The molecule has 0 aromatic carbocycles. The third-order valence-electron chi connectivity index (χ3n) is 3.35. The van der Waals surface area contributed by atoms with E-state index in [1.807, 2.05) is 0 Å². The number of aliphatic carboxylic acids is 1. The zero-order chi connectivity index (χ0) is 13.9. The summed E-state index contributed by atoms with van der Waals surface area (Å²) in [6, 6.07) is 0. The number of unbranched alkanes of at least 4 members (excludes halogenated alkanes) is 7. The van der Waals surface area contributed by atoms with E-state index in [0.29, 0.717) is 6.54 Å². The van der Waals surface area contributed by atoms with E-state index in [2.05, 4.69) is 12.2 Å². The molecule has 2 N–H and O–H groups in total. The maximum absolute atomic E-state index is 10.9. The number of rotatable bonds is 12. The van der Waals surface area contributed by atoms with Crippen molar-refractivity contribution >= 4 is 5.97 Å². The van der Waals surface area contributed by atoms with Crippen LogP contribution in [0.2, 0.25) is 0 Å². The average molecular weight is 257 g/mol. The van der Waals surface area contributed by atoms with Gasteiger partial charge >= 0.3 is 5.97 Å². The Morgan fingerprint density at radius 3 is 2.00 bits per heavy atom. The largest absolute Gasteiger partial charge is 0.481 e. The Balaban J connectivity index is 3.24. The molecular formula is C15H31NO2. The second kappa shape index (κ2) is 10.4. The fraction of sp³-hybridized carbons (Fsp3) is 0.933. The Morgan fingerprint density at radius 1 is 1.00 bits per heavy atom. The molecule has 0 bridgehead atoms. The van der Waals surface area contributed by atoms with Crippen molar-refractivity contribution in [3.63, 3.8) is 0 Å². The number of hydrogen-bond donors (Lipinski definition) is 2. The maximum atomic E-state index is 10.9. The summed E-state index contributed by atoms with van der Waals surface area (Å²) in [6.45, 7) is 7.25. The molecule has 18 heavy (non-hydrogen) atoms. The summed E-state index contributed by atoms with van der Waals surface area (Å²) >= 11 is 0. The Hall–Kier alpha value is -0.570. The first kappa shape index (κ1) is 17.4. The van der Waals surface area contributed by atoms with E-state index in [1.54, 1.807) is 13.8 Å². The highest BCUT2D eigenvalue weighted by Crippen LogP contribution is 2.13. The molecule has 0 heterocycles. The standard InChI is InChI=1S/C15H31NO2/c1-4-5-6-7-8-9-10-11-12-16-13-15(2,3)14(17)18/h16H,4-13H2,1-3H3,(H,17,18). The van der Waals surface area contributed by atoms with Gasteiger partial charge in [-0.15, -0.1) is 0 Å². The molecule has 0 unspecified atom stereocenters. The molecular weight excluding hydrogens is 226 g/mol. The number of carbonyl (C=O) groups is 1. The molecule has 0 aliphatic rings. The van der Waals surface area contributed by atoms with Gasteiger partial charge in [0.15, 0.2) is 0 Å². The van der Waals surface area contributed by atoms with Gasteiger partial charge in [0.2, 0.25) is 0 Å². The third-order valence-corrected chi connectivity index (χ3v) is 3.35. The van der Waals surface area contributed by atoms with Crippen molar-refractivity contribution in [1.82, 2.24) is 5.32 Å². The van der Waals surface area contributed by atoms with Crippen molar-refractivity contribution in [3.8, 4) is 0 Å².